The first-order valence-corrected chi connectivity index (χ1v) is 4.57. The van der Waals surface area contributed by atoms with Gasteiger partial charge in [-0.3, -0.25) is 4.79 Å². The van der Waals surface area contributed by atoms with Crippen LogP contribution in [0, 0.1) is 0 Å². The summed E-state index contributed by atoms with van der Waals surface area (Å²) in [6.45, 7) is 2.11. The third-order valence-corrected chi connectivity index (χ3v) is 2.69. The first-order valence-electron chi connectivity index (χ1n) is 4.57. The molecule has 0 aromatic carbocycles. The van der Waals surface area contributed by atoms with E-state index in [1.807, 2.05) is 0 Å². The molecule has 0 fully saturated rings. The maximum atomic E-state index is 11.2. The van der Waals surface area contributed by atoms with Gasteiger partial charge in [0.2, 0.25) is 0 Å². The van der Waals surface area contributed by atoms with E-state index in [1.165, 1.54) is 0 Å². The van der Waals surface area contributed by atoms with Crippen LogP contribution in [0.2, 0.25) is 0 Å². The Morgan fingerprint density at radius 1 is 1.62 bits per heavy atom. The second-order valence-electron chi connectivity index (χ2n) is 3.62. The number of anilines is 1. The molecule has 0 saturated heterocycles. The minimum absolute atomic E-state index is 0.257. The van der Waals surface area contributed by atoms with Gasteiger partial charge in [-0.05, 0) is 19.3 Å². The zero-order chi connectivity index (χ0) is 9.42. The van der Waals surface area contributed by atoms with Crippen molar-refractivity contribution < 1.29 is 0 Å². The summed E-state index contributed by atoms with van der Waals surface area (Å²) in [6.07, 6.45) is 3.12. The lowest BCUT2D eigenvalue weighted by Crippen LogP contribution is -2.22. The van der Waals surface area contributed by atoms with Gasteiger partial charge in [-0.15, -0.1) is 0 Å². The summed E-state index contributed by atoms with van der Waals surface area (Å²) in [7, 11) is 0. The van der Waals surface area contributed by atoms with Crippen LogP contribution in [0.4, 0.5) is 5.69 Å². The van der Waals surface area contributed by atoms with Gasteiger partial charge in [0.15, 0.2) is 0 Å². The summed E-state index contributed by atoms with van der Waals surface area (Å²) < 4.78 is 0. The van der Waals surface area contributed by atoms with Crippen LogP contribution in [-0.2, 0) is 6.42 Å². The van der Waals surface area contributed by atoms with E-state index in [4.69, 9.17) is 5.73 Å². The SMILES string of the molecule is CC1CCCc2c1n[nH]c(=O)c2N. The molecule has 1 aromatic rings. The number of H-pyrrole nitrogens is 1. The molecule has 4 nitrogen and oxygen atoms in total. The van der Waals surface area contributed by atoms with Crippen molar-refractivity contribution in [3.05, 3.63) is 21.6 Å². The number of hydrogen-bond acceptors (Lipinski definition) is 3. The predicted octanol–water partition coefficient (Wildman–Crippen LogP) is 0.792. The molecule has 0 bridgehead atoms. The minimum atomic E-state index is -0.257. The Bertz CT molecular complexity index is 383. The molecule has 3 N–H and O–H groups in total. The van der Waals surface area contributed by atoms with Gasteiger partial charge in [0.05, 0.1) is 5.69 Å². The van der Waals surface area contributed by atoms with Crippen LogP contribution in [-0.4, -0.2) is 10.2 Å². The van der Waals surface area contributed by atoms with Gasteiger partial charge in [-0.1, -0.05) is 6.92 Å². The van der Waals surface area contributed by atoms with Crippen molar-refractivity contribution in [2.24, 2.45) is 0 Å². The van der Waals surface area contributed by atoms with E-state index in [0.29, 0.717) is 11.6 Å². The number of aromatic nitrogens is 2. The van der Waals surface area contributed by atoms with Gasteiger partial charge in [-0.25, -0.2) is 5.10 Å². The van der Waals surface area contributed by atoms with Gasteiger partial charge in [0, 0.05) is 11.5 Å². The second-order valence-corrected chi connectivity index (χ2v) is 3.62. The van der Waals surface area contributed by atoms with E-state index in [1.54, 1.807) is 0 Å². The van der Waals surface area contributed by atoms with E-state index in [0.717, 1.165) is 30.5 Å². The van der Waals surface area contributed by atoms with Crippen LogP contribution in [0.1, 0.15) is 36.9 Å². The van der Waals surface area contributed by atoms with E-state index < -0.39 is 0 Å². The van der Waals surface area contributed by atoms with Crippen LogP contribution in [0.5, 0.6) is 0 Å². The van der Waals surface area contributed by atoms with Crippen LogP contribution in [0.15, 0.2) is 4.79 Å². The summed E-state index contributed by atoms with van der Waals surface area (Å²) in [5.41, 5.74) is 7.72. The molecule has 70 valence electrons. The second kappa shape index (κ2) is 2.87. The molecule has 1 aromatic heterocycles. The molecule has 0 aliphatic heterocycles. The molecule has 0 spiro atoms. The number of nitrogen functional groups attached to an aromatic ring is 1. The van der Waals surface area contributed by atoms with Crippen molar-refractivity contribution in [3.63, 3.8) is 0 Å². The first kappa shape index (κ1) is 8.29. The number of fused-ring (bicyclic) bond motifs is 1. The number of hydrogen-bond donors (Lipinski definition) is 2. The van der Waals surface area contributed by atoms with Crippen molar-refractivity contribution in [3.8, 4) is 0 Å². The molecule has 1 atom stereocenters. The molecular weight excluding hydrogens is 166 g/mol. The molecule has 1 unspecified atom stereocenters. The maximum Gasteiger partial charge on any atom is 0.287 e. The van der Waals surface area contributed by atoms with E-state index >= 15 is 0 Å². The number of nitrogens with one attached hydrogen (secondary N) is 1. The Balaban J connectivity index is 2.63. The summed E-state index contributed by atoms with van der Waals surface area (Å²) in [4.78, 5) is 11.2. The minimum Gasteiger partial charge on any atom is -0.394 e. The average Bonchev–Trinajstić information content (AvgIpc) is 2.12. The van der Waals surface area contributed by atoms with Gasteiger partial charge < -0.3 is 5.73 Å². The van der Waals surface area contributed by atoms with Crippen molar-refractivity contribution >= 4 is 5.69 Å². The fourth-order valence-electron chi connectivity index (χ4n) is 1.91. The summed E-state index contributed by atoms with van der Waals surface area (Å²) in [6, 6.07) is 0. The number of nitrogens with two attached hydrogens (primary N) is 1. The lowest BCUT2D eigenvalue weighted by Gasteiger charge is -2.20. The first-order chi connectivity index (χ1) is 6.20. The Hall–Kier alpha value is -1.32. The van der Waals surface area contributed by atoms with Crippen molar-refractivity contribution in [2.45, 2.75) is 32.1 Å². The van der Waals surface area contributed by atoms with Crippen molar-refractivity contribution in [2.75, 3.05) is 5.73 Å². The van der Waals surface area contributed by atoms with Gasteiger partial charge >= 0.3 is 0 Å². The third kappa shape index (κ3) is 1.22. The van der Waals surface area contributed by atoms with E-state index in [9.17, 15) is 4.79 Å². The molecule has 13 heavy (non-hydrogen) atoms. The topological polar surface area (TPSA) is 71.8 Å². The highest BCUT2D eigenvalue weighted by Crippen LogP contribution is 2.30. The van der Waals surface area contributed by atoms with Gasteiger partial charge in [0.1, 0.15) is 5.69 Å². The lowest BCUT2D eigenvalue weighted by molar-refractivity contribution is 0.563. The summed E-state index contributed by atoms with van der Waals surface area (Å²) in [5.74, 6) is 0.419. The lowest BCUT2D eigenvalue weighted by atomic mass is 9.88. The standard InChI is InChI=1S/C9H13N3O/c1-5-3-2-4-6-7(10)9(13)12-11-8(5)6/h5H,2-4H2,1H3,(H2,10,11)(H,12,13). The highest BCUT2D eigenvalue weighted by molar-refractivity contribution is 5.48. The van der Waals surface area contributed by atoms with Crippen LogP contribution in [0.25, 0.3) is 0 Å². The van der Waals surface area contributed by atoms with E-state index in [-0.39, 0.29) is 5.56 Å². The molecule has 1 aliphatic rings. The molecule has 0 radical (unpaired) electrons. The molecular formula is C9H13N3O. The Labute approximate surface area is 76.2 Å². The smallest absolute Gasteiger partial charge is 0.287 e. The maximum absolute atomic E-state index is 11.2. The zero-order valence-corrected chi connectivity index (χ0v) is 7.63. The quantitative estimate of drug-likeness (QED) is 0.618. The number of aromatic amines is 1. The van der Waals surface area contributed by atoms with Crippen LogP contribution >= 0.6 is 0 Å². The van der Waals surface area contributed by atoms with Gasteiger partial charge in [0.25, 0.3) is 5.56 Å². The third-order valence-electron chi connectivity index (χ3n) is 2.69. The van der Waals surface area contributed by atoms with E-state index in [2.05, 4.69) is 17.1 Å². The van der Waals surface area contributed by atoms with Crippen LogP contribution in [0.3, 0.4) is 0 Å². The molecule has 4 heteroatoms. The summed E-state index contributed by atoms with van der Waals surface area (Å²) in [5, 5.41) is 6.47. The molecule has 2 rings (SSSR count). The summed E-state index contributed by atoms with van der Waals surface area (Å²) >= 11 is 0. The highest BCUT2D eigenvalue weighted by atomic mass is 16.1. The van der Waals surface area contributed by atoms with Crippen molar-refractivity contribution in [1.29, 1.82) is 0 Å². The monoisotopic (exact) mass is 179 g/mol. The molecule has 1 aliphatic carbocycles. The average molecular weight is 179 g/mol. The molecule has 0 saturated carbocycles. The van der Waals surface area contributed by atoms with Crippen molar-refractivity contribution in [1.82, 2.24) is 10.2 Å². The molecule has 0 amide bonds. The number of nitrogens with zero attached hydrogens (tertiary/aromatic N) is 1. The fraction of sp³-hybridized carbons (Fsp3) is 0.556. The predicted molar refractivity (Wildman–Crippen MR) is 50.6 cm³/mol. The largest absolute Gasteiger partial charge is 0.394 e. The Morgan fingerprint density at radius 3 is 3.15 bits per heavy atom. The molecule has 1 heterocycles. The Kier molecular flexibility index (Phi) is 1.83. The van der Waals surface area contributed by atoms with Crippen LogP contribution < -0.4 is 11.3 Å². The van der Waals surface area contributed by atoms with Gasteiger partial charge in [-0.2, -0.15) is 5.10 Å². The zero-order valence-electron chi connectivity index (χ0n) is 7.63. The normalized spacial score (nSPS) is 21.2. The fourth-order valence-corrected chi connectivity index (χ4v) is 1.91. The Morgan fingerprint density at radius 2 is 2.38 bits per heavy atom. The highest BCUT2D eigenvalue weighted by Gasteiger charge is 2.21. The number of rotatable bonds is 0.